The van der Waals surface area contributed by atoms with Crippen LogP contribution in [0.25, 0.3) is 0 Å². The Morgan fingerprint density at radius 1 is 0.263 bits per heavy atom. The van der Waals surface area contributed by atoms with E-state index in [2.05, 4.69) is 128 Å². The van der Waals surface area contributed by atoms with E-state index in [1.165, 1.54) is 193 Å². The van der Waals surface area contributed by atoms with Crippen molar-refractivity contribution >= 4 is 0 Å². The topological polar surface area (TPSA) is 0 Å². The van der Waals surface area contributed by atoms with Gasteiger partial charge in [0.25, 0.3) is 0 Å². The average molecular weight is 1560 g/mol. The number of rotatable bonds is 23. The van der Waals surface area contributed by atoms with Crippen molar-refractivity contribution < 1.29 is 0 Å². The molecule has 0 spiro atoms. The summed E-state index contributed by atoms with van der Waals surface area (Å²) in [7, 11) is 0. The van der Waals surface area contributed by atoms with Gasteiger partial charge in [0, 0.05) is 0 Å². The second-order valence-corrected chi connectivity index (χ2v) is 47.8. The molecule has 0 aromatic heterocycles. The van der Waals surface area contributed by atoms with Gasteiger partial charge in [-0.25, -0.2) is 0 Å². The van der Waals surface area contributed by atoms with Gasteiger partial charge < -0.3 is 0 Å². The summed E-state index contributed by atoms with van der Waals surface area (Å²) in [6.45, 7) is 19.9. The van der Waals surface area contributed by atoms with Crippen LogP contribution in [-0.4, -0.2) is 0 Å². The van der Waals surface area contributed by atoms with Crippen molar-refractivity contribution in [3.8, 4) is 0 Å². The molecular formula is C114H190. The molecule has 0 N–H and O–H groups in total. The van der Waals surface area contributed by atoms with Crippen LogP contribution in [0.2, 0.25) is 0 Å². The molecule has 0 saturated heterocycles. The largest absolute Gasteiger partial charge is 0.0848 e. The van der Waals surface area contributed by atoms with Gasteiger partial charge in [-0.1, -0.05) is 346 Å². The van der Waals surface area contributed by atoms with Gasteiger partial charge in [-0.3, -0.25) is 0 Å². The highest BCUT2D eigenvalue weighted by atomic mass is 14.7. The molecule has 0 radical (unpaired) electrons. The SMILES string of the molecule is C.C.C.C.C.C.C1=CC2CC1C1C3CC(C4CCCCC4)C(C3)C21.CC12C=CC(C1)C1C2C2CCC1(C)C2.CC12C=CC(C1)C1C3CCC(C)(C3)C12.CC1C(C)C2CC1C1C3C=CC(C3)C21.CCCCCCC1CC2CC1C1C3C=CC(C3)C21.CCCCCCCCCCCCCCCCCCC1CC2CC1C1C3C=CC(C3)C21. The van der Waals surface area contributed by atoms with E-state index in [1.54, 1.807) is 103 Å². The molecule has 24 bridgehead atoms. The van der Waals surface area contributed by atoms with Crippen LogP contribution >= 0.6 is 0 Å². The van der Waals surface area contributed by atoms with Gasteiger partial charge in [-0.15, -0.1) is 0 Å². The zero-order chi connectivity index (χ0) is 73.0. The molecule has 0 aromatic carbocycles. The molecule has 0 heterocycles. The van der Waals surface area contributed by atoms with E-state index in [4.69, 9.17) is 0 Å². The first kappa shape index (κ1) is 88.7. The fourth-order valence-electron chi connectivity index (χ4n) is 39.4. The van der Waals surface area contributed by atoms with Crippen LogP contribution in [0.4, 0.5) is 0 Å². The molecule has 0 aliphatic heterocycles. The maximum atomic E-state index is 2.61. The summed E-state index contributed by atoms with van der Waals surface area (Å²) in [5.74, 6) is 41.1. The van der Waals surface area contributed by atoms with Gasteiger partial charge in [0.1, 0.15) is 0 Å². The third-order valence-corrected chi connectivity index (χ3v) is 42.8. The molecule has 114 heavy (non-hydrogen) atoms. The van der Waals surface area contributed by atoms with Crippen LogP contribution in [0.3, 0.4) is 0 Å². The Kier molecular flexibility index (Phi) is 28.0. The highest BCUT2D eigenvalue weighted by Crippen LogP contribution is 2.78. The predicted octanol–water partition coefficient (Wildman–Crippen LogP) is 33.9. The number of hydrogen-bond donors (Lipinski definition) is 0. The lowest BCUT2D eigenvalue weighted by Gasteiger charge is -2.43. The van der Waals surface area contributed by atoms with E-state index < -0.39 is 0 Å². The Labute approximate surface area is 710 Å². The van der Waals surface area contributed by atoms with Crippen LogP contribution in [0.1, 0.15) is 395 Å². The van der Waals surface area contributed by atoms with Gasteiger partial charge in [-0.05, 0) is 369 Å². The Bertz CT molecular complexity index is 3260. The predicted molar refractivity (Wildman–Crippen MR) is 495 cm³/mol. The first-order chi connectivity index (χ1) is 52.7. The Hall–Kier alpha value is -1.56. The van der Waals surface area contributed by atoms with E-state index in [0.717, 1.165) is 236 Å². The van der Waals surface area contributed by atoms with Gasteiger partial charge in [-0.2, -0.15) is 0 Å². The first-order valence-corrected chi connectivity index (χ1v) is 50.8. The highest BCUT2D eigenvalue weighted by molar-refractivity contribution is 5.30. The average Bonchev–Trinajstić information content (AvgIpc) is 1.53. The third-order valence-electron chi connectivity index (χ3n) is 42.8. The molecule has 25 rings (SSSR count). The van der Waals surface area contributed by atoms with Crippen LogP contribution in [0.5, 0.6) is 0 Å². The van der Waals surface area contributed by atoms with Gasteiger partial charge >= 0.3 is 0 Å². The van der Waals surface area contributed by atoms with Crippen LogP contribution in [-0.2, 0) is 0 Å². The molecule has 41 unspecified atom stereocenters. The Balaban J connectivity index is 0.000000114. The minimum Gasteiger partial charge on any atom is -0.0848 e. The number of fused-ring (bicyclic) bond motifs is 54. The smallest absolute Gasteiger partial charge is 0.0104 e. The molecular weight excluding hydrogens is 1370 g/mol. The second kappa shape index (κ2) is 36.0. The van der Waals surface area contributed by atoms with Crippen molar-refractivity contribution in [1.82, 2.24) is 0 Å². The van der Waals surface area contributed by atoms with E-state index in [-0.39, 0.29) is 44.6 Å². The highest BCUT2D eigenvalue weighted by Gasteiger charge is 2.70. The van der Waals surface area contributed by atoms with Crippen molar-refractivity contribution in [2.75, 3.05) is 0 Å². The van der Waals surface area contributed by atoms with E-state index in [9.17, 15) is 0 Å². The summed E-state index contributed by atoms with van der Waals surface area (Å²) < 4.78 is 0. The molecule has 25 aliphatic carbocycles. The lowest BCUT2D eigenvalue weighted by Crippen LogP contribution is -2.36. The van der Waals surface area contributed by atoms with Gasteiger partial charge in [0.15, 0.2) is 0 Å². The van der Waals surface area contributed by atoms with Gasteiger partial charge in [0.2, 0.25) is 0 Å². The molecule has 0 aromatic rings. The molecule has 0 amide bonds. The summed E-state index contributed by atoms with van der Waals surface area (Å²) >= 11 is 0. The van der Waals surface area contributed by atoms with E-state index in [0.29, 0.717) is 10.8 Å². The Morgan fingerprint density at radius 2 is 0.632 bits per heavy atom. The van der Waals surface area contributed by atoms with Crippen LogP contribution in [0.15, 0.2) is 72.9 Å². The number of hydrogen-bond acceptors (Lipinski definition) is 0. The minimum atomic E-state index is 0. The number of unbranched alkanes of at least 4 members (excludes halogenated alkanes) is 18. The normalized spacial score (nSPS) is 51.5. The standard InChI is InChI=1S/C30H52.C18H26.C18H28.3C14H20.6CH4/c1-2-3-4-5-6-7-8-9-10-11-12-13-14-15-16-17-18-24-21-27-23-28(24)30-26-20-19-25(22-26)29(27)30;1-2-4-11(5-3-1)15-9-14-10-16(15)18-13-7-6-12(8-13)17(14)18;1-2-3-4-5-6-12-9-15-11-16(12)18-14-8-7-13(10-14)17(15)18;1-13-5-3-9(7-13)12-11(13)10-4-6-14(12,2)8-10;1-13-5-3-9(7-13)11-10-4-6-14(2,8-10)12(11)13;1-7-8(2)12-6-11(7)13-9-3-4-10(5-9)14(12)13;;;;;;/h19-20,24-30H,2-18,21-23H2,1H3;6-7,11-18H,1-5,8-10H2;7-8,12-18H,2-6,9-11H2,1H3;2*3,5,9-12H,4,6-8H2,1-2H3;3-4,7-14H,5-6H2,1-2H3;6*1H4. The van der Waals surface area contributed by atoms with E-state index >= 15 is 0 Å². The van der Waals surface area contributed by atoms with Crippen molar-refractivity contribution in [1.29, 1.82) is 0 Å². The summed E-state index contributed by atoms with van der Waals surface area (Å²) in [4.78, 5) is 0. The molecule has 0 nitrogen and oxygen atoms in total. The Morgan fingerprint density at radius 3 is 1.11 bits per heavy atom. The van der Waals surface area contributed by atoms with Crippen molar-refractivity contribution in [3.05, 3.63) is 72.9 Å². The quantitative estimate of drug-likeness (QED) is 0.0543. The van der Waals surface area contributed by atoms with Crippen LogP contribution < -0.4 is 0 Å². The first-order valence-electron chi connectivity index (χ1n) is 50.8. The maximum Gasteiger partial charge on any atom is -0.0104 e. The molecule has 19 saturated carbocycles. The fraction of sp³-hybridized carbons (Fsp3) is 0.895. The molecule has 41 atom stereocenters. The molecule has 646 valence electrons. The second-order valence-electron chi connectivity index (χ2n) is 47.8. The summed E-state index contributed by atoms with van der Waals surface area (Å²) in [5, 5.41) is 0. The lowest BCUT2D eigenvalue weighted by atomic mass is 9.62. The van der Waals surface area contributed by atoms with Crippen molar-refractivity contribution in [3.63, 3.8) is 0 Å². The monoisotopic (exact) mass is 1560 g/mol. The summed E-state index contributed by atoms with van der Waals surface area (Å²) in [6, 6.07) is 0. The van der Waals surface area contributed by atoms with E-state index in [1.807, 2.05) is 0 Å². The third kappa shape index (κ3) is 15.3. The fourth-order valence-corrected chi connectivity index (χ4v) is 39.4. The maximum absolute atomic E-state index is 2.61. The van der Waals surface area contributed by atoms with Gasteiger partial charge in [0.05, 0.1) is 0 Å². The molecule has 19 fully saturated rings. The summed E-state index contributed by atoms with van der Waals surface area (Å²) in [5.41, 5.74) is 2.67. The zero-order valence-corrected chi connectivity index (χ0v) is 71.4. The van der Waals surface area contributed by atoms with Crippen LogP contribution in [0, 0.1) is 247 Å². The number of allylic oxidation sites excluding steroid dienone is 12. The van der Waals surface area contributed by atoms with Crippen molar-refractivity contribution in [2.45, 2.75) is 395 Å². The molecule has 0 heteroatoms. The zero-order valence-electron chi connectivity index (χ0n) is 71.4. The molecule has 25 aliphatic rings. The summed E-state index contributed by atoms with van der Waals surface area (Å²) in [6.07, 6.45) is 101. The van der Waals surface area contributed by atoms with Crippen molar-refractivity contribution in [2.24, 2.45) is 247 Å². The minimum absolute atomic E-state index is 0. The lowest BCUT2D eigenvalue weighted by molar-refractivity contribution is 0.0889.